The average Bonchev–Trinajstić information content (AvgIpc) is 2.75. The summed E-state index contributed by atoms with van der Waals surface area (Å²) in [7, 11) is 0. The van der Waals surface area contributed by atoms with Crippen molar-refractivity contribution in [3.05, 3.63) is 97.3 Å². The van der Waals surface area contributed by atoms with Crippen LogP contribution in [0.25, 0.3) is 0 Å². The molecule has 24 heavy (non-hydrogen) atoms. The number of aromatic amines is 4. The normalized spacial score (nSPS) is 8.00. The van der Waals surface area contributed by atoms with Crippen molar-refractivity contribution in [2.75, 3.05) is 0 Å². The minimum atomic E-state index is 1.05. The molecule has 8 heteroatoms. The van der Waals surface area contributed by atoms with Gasteiger partial charge in [-0.05, 0) is 24.3 Å². The van der Waals surface area contributed by atoms with Gasteiger partial charge in [0.25, 0.3) is 0 Å². The second-order valence-electron chi connectivity index (χ2n) is 4.81. The lowest BCUT2D eigenvalue weighted by Gasteiger charge is -1.73. The van der Waals surface area contributed by atoms with E-state index in [1.165, 1.54) is 0 Å². The van der Waals surface area contributed by atoms with Gasteiger partial charge in [0.1, 0.15) is 0 Å². The number of hydrogen-bond donors (Lipinski definition) is 0. The van der Waals surface area contributed by atoms with Crippen LogP contribution in [0.4, 0.5) is 0 Å². The fourth-order valence-electron chi connectivity index (χ4n) is 1.63. The van der Waals surface area contributed by atoms with E-state index in [0.717, 1.165) is 27.6 Å². The second kappa shape index (κ2) is 16.7. The molecule has 0 saturated carbocycles. The van der Waals surface area contributed by atoms with E-state index in [1.54, 1.807) is 0 Å². The summed E-state index contributed by atoms with van der Waals surface area (Å²) < 4.78 is 0. The first kappa shape index (κ1) is 19.4. The van der Waals surface area contributed by atoms with Crippen LogP contribution in [0.15, 0.2) is 97.3 Å². The first-order valence-corrected chi connectivity index (χ1v) is 8.24. The summed E-state index contributed by atoms with van der Waals surface area (Å²) in [5.74, 6) is 8.38. The Hall–Kier alpha value is -2.62. The second-order valence-corrected chi connectivity index (χ2v) is 4.81. The Morgan fingerprint density at radius 1 is 0.375 bits per heavy atom. The zero-order valence-electron chi connectivity index (χ0n) is 14.1. The van der Waals surface area contributed by atoms with Gasteiger partial charge in [-0.15, -0.1) is 0 Å². The van der Waals surface area contributed by atoms with Crippen molar-refractivity contribution in [3.63, 3.8) is 0 Å². The number of hydrogen-bond acceptors (Lipinski definition) is 0. The molecule has 0 bridgehead atoms. The van der Waals surface area contributed by atoms with Crippen molar-refractivity contribution in [1.29, 1.82) is 0 Å². The van der Waals surface area contributed by atoms with Gasteiger partial charge in [0.05, 0.1) is 0 Å². The van der Waals surface area contributed by atoms with E-state index in [-0.39, 0.29) is 0 Å². The van der Waals surface area contributed by atoms with Crippen LogP contribution in [0.3, 0.4) is 0 Å². The van der Waals surface area contributed by atoms with Crippen LogP contribution in [0.2, 0.25) is 0 Å². The predicted octanol–water partition coefficient (Wildman–Crippen LogP) is -1.72. The minimum Gasteiger partial charge on any atom is -0.261 e. The van der Waals surface area contributed by atoms with E-state index in [9.17, 15) is 0 Å². The quantitative estimate of drug-likeness (QED) is 0.371. The van der Waals surface area contributed by atoms with Crippen LogP contribution in [0.5, 0.6) is 0 Å². The van der Waals surface area contributed by atoms with E-state index in [4.69, 9.17) is 0 Å². The molecule has 0 radical (unpaired) electrons. The highest BCUT2D eigenvalue weighted by Gasteiger charge is 1.58. The molecular weight excluding hydrogens is 291 g/mol. The van der Waals surface area contributed by atoms with Crippen LogP contribution < -0.4 is 19.9 Å². The first-order valence-electron chi connectivity index (χ1n) is 8.24. The summed E-state index contributed by atoms with van der Waals surface area (Å²) in [6.07, 6.45) is 15.6. The van der Waals surface area contributed by atoms with Gasteiger partial charge in [0.15, 0.2) is 24.8 Å². The SMILES string of the molecule is [bH-]1ccc[nH+]c1.[bH-]1ccc[nH+]c1.[bH-]1ccc[nH+]c1.[bH-]1ccc[nH+]c1. The van der Waals surface area contributed by atoms with Crippen molar-refractivity contribution in [1.82, 2.24) is 0 Å². The Labute approximate surface area is 145 Å². The molecule has 0 aliphatic rings. The van der Waals surface area contributed by atoms with Crippen molar-refractivity contribution in [2.45, 2.75) is 0 Å². The fraction of sp³-hybridized carbons (Fsp3) is 0. The number of aromatic nitrogens is 4. The van der Waals surface area contributed by atoms with Crippen LogP contribution in [-0.4, -0.2) is 27.6 Å². The summed E-state index contributed by atoms with van der Waals surface area (Å²) in [4.78, 5) is 11.8. The molecule has 120 valence electrons. The third-order valence-corrected chi connectivity index (χ3v) is 2.80. The lowest BCUT2D eigenvalue weighted by molar-refractivity contribution is -0.374. The highest BCUT2D eigenvalue weighted by molar-refractivity contribution is 6.26. The standard InChI is InChI=1S/4C4H5BN/c4*1-2-5-4-6-3-1/h4*1-5H/q4*-1/p+4. The van der Waals surface area contributed by atoms with E-state index < -0.39 is 0 Å². The number of nitrogens with one attached hydrogen (secondary N) is 4. The topological polar surface area (TPSA) is 56.6 Å². The molecular formula is C16H24B4N4. The average molecular weight is 316 g/mol. The van der Waals surface area contributed by atoms with E-state index in [1.807, 2.05) is 73.4 Å². The molecule has 4 nitrogen and oxygen atoms in total. The molecule has 0 fully saturated rings. The molecule has 0 unspecified atom stereocenters. The third-order valence-electron chi connectivity index (χ3n) is 2.80. The number of H-pyrrole nitrogens is 4. The lowest BCUT2D eigenvalue weighted by atomic mass is 10.0. The fourth-order valence-corrected chi connectivity index (χ4v) is 1.63. The van der Waals surface area contributed by atoms with E-state index in [0.29, 0.717) is 0 Å². The van der Waals surface area contributed by atoms with Crippen LogP contribution >= 0.6 is 0 Å². The van der Waals surface area contributed by atoms with Crippen molar-refractivity contribution in [3.8, 4) is 0 Å². The molecule has 0 saturated heterocycles. The smallest absolute Gasteiger partial charge is 0.159 e. The van der Waals surface area contributed by atoms with E-state index in [2.05, 4.69) is 43.8 Å². The zero-order valence-corrected chi connectivity index (χ0v) is 14.1. The van der Waals surface area contributed by atoms with Crippen molar-refractivity contribution < 1.29 is 19.9 Å². The van der Waals surface area contributed by atoms with Gasteiger partial charge < -0.3 is 0 Å². The molecule has 0 spiro atoms. The molecule has 0 aromatic carbocycles. The molecule has 0 amide bonds. The Balaban J connectivity index is 0.000000160. The predicted molar refractivity (Wildman–Crippen MR) is 103 cm³/mol. The summed E-state index contributed by atoms with van der Waals surface area (Å²) in [6.45, 7) is 4.21. The first-order chi connectivity index (χ1) is 12.0. The Morgan fingerprint density at radius 2 is 0.625 bits per heavy atom. The highest BCUT2D eigenvalue weighted by atomic mass is 14.6. The molecule has 4 aromatic rings. The van der Waals surface area contributed by atoms with Gasteiger partial charge in [-0.2, -0.15) is 0 Å². The summed E-state index contributed by atoms with van der Waals surface area (Å²) in [5, 5.41) is 0. The van der Waals surface area contributed by atoms with Crippen LogP contribution in [0, 0.1) is 0 Å². The Morgan fingerprint density at radius 3 is 0.667 bits per heavy atom. The zero-order chi connectivity index (χ0) is 17.0. The maximum absolute atomic E-state index is 2.95. The molecule has 4 heterocycles. The van der Waals surface area contributed by atoms with Gasteiger partial charge in [0.2, 0.25) is 0 Å². The Bertz CT molecular complexity index is 444. The third kappa shape index (κ3) is 14.3. The minimum absolute atomic E-state index is 1.05. The molecule has 4 N–H and O–H groups in total. The molecule has 0 atom stereocenters. The van der Waals surface area contributed by atoms with Crippen molar-refractivity contribution >= 4 is 27.6 Å². The molecule has 0 aliphatic heterocycles. The van der Waals surface area contributed by atoms with Gasteiger partial charge in [-0.25, -0.2) is 0 Å². The van der Waals surface area contributed by atoms with Gasteiger partial charge in [-0.1, -0.05) is 52.0 Å². The summed E-state index contributed by atoms with van der Waals surface area (Å²) in [6, 6.07) is 8.00. The summed E-state index contributed by atoms with van der Waals surface area (Å²) >= 11 is 0. The molecule has 0 aliphatic carbocycles. The van der Waals surface area contributed by atoms with Crippen molar-refractivity contribution in [2.24, 2.45) is 0 Å². The highest BCUT2D eigenvalue weighted by Crippen LogP contribution is 1.61. The lowest BCUT2D eigenvalue weighted by Crippen LogP contribution is -1.97. The maximum atomic E-state index is 2.95. The monoisotopic (exact) mass is 316 g/mol. The largest absolute Gasteiger partial charge is 0.261 e. The summed E-state index contributed by atoms with van der Waals surface area (Å²) in [5.41, 5.74) is 0. The van der Waals surface area contributed by atoms with Gasteiger partial charge >= 0.3 is 0 Å². The van der Waals surface area contributed by atoms with Crippen LogP contribution in [0.1, 0.15) is 0 Å². The van der Waals surface area contributed by atoms with Gasteiger partial charge in [-0.3, -0.25) is 43.8 Å². The van der Waals surface area contributed by atoms with Gasteiger partial charge in [0, 0.05) is 0 Å². The van der Waals surface area contributed by atoms with E-state index >= 15 is 0 Å². The molecule has 4 rings (SSSR count). The van der Waals surface area contributed by atoms with Crippen LogP contribution in [-0.2, 0) is 0 Å². The molecule has 4 aromatic heterocycles. The maximum Gasteiger partial charge on any atom is 0.159 e. The number of rotatable bonds is 0. The Kier molecular flexibility index (Phi) is 13.6.